The summed E-state index contributed by atoms with van der Waals surface area (Å²) in [6.07, 6.45) is -3.30. The van der Waals surface area contributed by atoms with Crippen LogP contribution in [-0.4, -0.2) is 35.2 Å². The van der Waals surface area contributed by atoms with E-state index in [0.717, 1.165) is 13.0 Å². The third-order valence-corrected chi connectivity index (χ3v) is 3.28. The fourth-order valence-electron chi connectivity index (χ4n) is 1.79. The average molecular weight is 324 g/mol. The van der Waals surface area contributed by atoms with Crippen LogP contribution in [0, 0.1) is 0 Å². The number of hydrogen-bond donors (Lipinski definition) is 1. The maximum Gasteiger partial charge on any atom is 0.401 e. The first-order valence-corrected chi connectivity index (χ1v) is 7.30. The van der Waals surface area contributed by atoms with Crippen molar-refractivity contribution in [1.29, 1.82) is 0 Å². The van der Waals surface area contributed by atoms with Crippen LogP contribution in [0.2, 0.25) is 5.02 Å². The van der Waals surface area contributed by atoms with E-state index in [1.54, 1.807) is 26.0 Å². The number of halogens is 4. The highest BCUT2D eigenvalue weighted by Gasteiger charge is 2.32. The lowest BCUT2D eigenvalue weighted by atomic mass is 10.2. The van der Waals surface area contributed by atoms with Gasteiger partial charge < -0.3 is 5.32 Å². The standard InChI is InChI=1S/C14H21ClF3N3/c1-4-7-19-13-6-5-11(15)12(20-13)8-21(10(2)3)9-14(16,17)18/h5-6,10H,4,7-9H2,1-3H3,(H,19,20). The van der Waals surface area contributed by atoms with Gasteiger partial charge in [0.2, 0.25) is 0 Å². The van der Waals surface area contributed by atoms with E-state index < -0.39 is 12.7 Å². The number of alkyl halides is 3. The summed E-state index contributed by atoms with van der Waals surface area (Å²) in [5.74, 6) is 0.631. The molecule has 0 saturated carbocycles. The molecule has 1 aromatic rings. The van der Waals surface area contributed by atoms with Crippen LogP contribution in [0.25, 0.3) is 0 Å². The van der Waals surface area contributed by atoms with Crippen molar-refractivity contribution >= 4 is 17.4 Å². The van der Waals surface area contributed by atoms with E-state index in [1.165, 1.54) is 4.90 Å². The minimum atomic E-state index is -4.24. The Balaban J connectivity index is 2.87. The van der Waals surface area contributed by atoms with Gasteiger partial charge in [-0.2, -0.15) is 13.2 Å². The van der Waals surface area contributed by atoms with Gasteiger partial charge >= 0.3 is 6.18 Å². The maximum absolute atomic E-state index is 12.6. The molecule has 1 heterocycles. The van der Waals surface area contributed by atoms with E-state index in [1.807, 2.05) is 6.92 Å². The molecule has 0 atom stereocenters. The number of nitrogens with zero attached hydrogens (tertiary/aromatic N) is 2. The molecule has 0 amide bonds. The first-order valence-electron chi connectivity index (χ1n) is 6.93. The van der Waals surface area contributed by atoms with Gasteiger partial charge in [0.25, 0.3) is 0 Å². The summed E-state index contributed by atoms with van der Waals surface area (Å²) in [7, 11) is 0. The van der Waals surface area contributed by atoms with Crippen molar-refractivity contribution in [3.05, 3.63) is 22.8 Å². The number of pyridine rings is 1. The van der Waals surface area contributed by atoms with Crippen LogP contribution in [0.15, 0.2) is 12.1 Å². The van der Waals surface area contributed by atoms with Gasteiger partial charge in [-0.05, 0) is 32.4 Å². The van der Waals surface area contributed by atoms with Crippen molar-refractivity contribution in [1.82, 2.24) is 9.88 Å². The Kier molecular flexibility index (Phi) is 6.74. The minimum absolute atomic E-state index is 0.0671. The van der Waals surface area contributed by atoms with Crippen LogP contribution < -0.4 is 5.32 Å². The molecule has 1 rings (SSSR count). The third-order valence-electron chi connectivity index (χ3n) is 2.94. The summed E-state index contributed by atoms with van der Waals surface area (Å²) in [6.45, 7) is 5.31. The minimum Gasteiger partial charge on any atom is -0.370 e. The summed E-state index contributed by atoms with van der Waals surface area (Å²) in [5, 5.41) is 3.48. The molecular weight excluding hydrogens is 303 g/mol. The predicted molar refractivity (Wildman–Crippen MR) is 79.6 cm³/mol. The molecule has 0 saturated heterocycles. The Morgan fingerprint density at radius 3 is 2.52 bits per heavy atom. The van der Waals surface area contributed by atoms with Crippen molar-refractivity contribution in [3.8, 4) is 0 Å². The Labute approximate surface area is 128 Å². The van der Waals surface area contributed by atoms with Gasteiger partial charge in [-0.3, -0.25) is 4.90 Å². The highest BCUT2D eigenvalue weighted by molar-refractivity contribution is 6.31. The van der Waals surface area contributed by atoms with E-state index in [4.69, 9.17) is 11.6 Å². The lowest BCUT2D eigenvalue weighted by Gasteiger charge is -2.27. The zero-order chi connectivity index (χ0) is 16.0. The van der Waals surface area contributed by atoms with Gasteiger partial charge in [0.15, 0.2) is 0 Å². The Morgan fingerprint density at radius 2 is 2.00 bits per heavy atom. The molecule has 1 aromatic heterocycles. The maximum atomic E-state index is 12.6. The largest absolute Gasteiger partial charge is 0.401 e. The summed E-state index contributed by atoms with van der Waals surface area (Å²) in [5.41, 5.74) is 0.454. The quantitative estimate of drug-likeness (QED) is 0.809. The van der Waals surface area contributed by atoms with E-state index in [-0.39, 0.29) is 12.6 Å². The number of hydrogen-bond acceptors (Lipinski definition) is 3. The van der Waals surface area contributed by atoms with Gasteiger partial charge in [0, 0.05) is 19.1 Å². The molecule has 0 unspecified atom stereocenters. The molecule has 3 nitrogen and oxygen atoms in total. The van der Waals surface area contributed by atoms with Gasteiger partial charge in [-0.25, -0.2) is 4.98 Å². The van der Waals surface area contributed by atoms with Crippen molar-refractivity contribution in [2.75, 3.05) is 18.4 Å². The molecule has 0 aromatic carbocycles. The molecule has 120 valence electrons. The zero-order valence-corrected chi connectivity index (χ0v) is 13.2. The second kappa shape index (κ2) is 7.84. The van der Waals surface area contributed by atoms with Gasteiger partial charge in [-0.15, -0.1) is 0 Å². The van der Waals surface area contributed by atoms with Gasteiger partial charge in [0.05, 0.1) is 17.3 Å². The lowest BCUT2D eigenvalue weighted by molar-refractivity contribution is -0.151. The zero-order valence-electron chi connectivity index (χ0n) is 12.5. The molecule has 0 aliphatic heterocycles. The average Bonchev–Trinajstić information content (AvgIpc) is 2.37. The molecule has 0 radical (unpaired) electrons. The van der Waals surface area contributed by atoms with E-state index in [9.17, 15) is 13.2 Å². The van der Waals surface area contributed by atoms with Crippen LogP contribution >= 0.6 is 11.6 Å². The predicted octanol–water partition coefficient (Wildman–Crippen LogP) is 4.33. The monoisotopic (exact) mass is 323 g/mol. The molecule has 0 bridgehead atoms. The molecule has 0 aliphatic carbocycles. The van der Waals surface area contributed by atoms with Crippen molar-refractivity contribution in [2.24, 2.45) is 0 Å². The lowest BCUT2D eigenvalue weighted by Crippen LogP contribution is -2.38. The molecule has 0 fully saturated rings. The first-order chi connectivity index (χ1) is 9.73. The Morgan fingerprint density at radius 1 is 1.33 bits per heavy atom. The van der Waals surface area contributed by atoms with E-state index >= 15 is 0 Å². The second-order valence-electron chi connectivity index (χ2n) is 5.17. The Hall–Kier alpha value is -1.01. The highest BCUT2D eigenvalue weighted by atomic mass is 35.5. The van der Waals surface area contributed by atoms with Crippen LogP contribution in [-0.2, 0) is 6.54 Å². The summed E-state index contributed by atoms with van der Waals surface area (Å²) in [6, 6.07) is 3.13. The topological polar surface area (TPSA) is 28.2 Å². The molecule has 1 N–H and O–H groups in total. The van der Waals surface area contributed by atoms with Crippen LogP contribution in [0.3, 0.4) is 0 Å². The fourth-order valence-corrected chi connectivity index (χ4v) is 1.96. The first kappa shape index (κ1) is 18.0. The normalized spacial score (nSPS) is 12.2. The smallest absolute Gasteiger partial charge is 0.370 e. The van der Waals surface area contributed by atoms with E-state index in [0.29, 0.717) is 16.5 Å². The van der Waals surface area contributed by atoms with E-state index in [2.05, 4.69) is 10.3 Å². The summed E-state index contributed by atoms with van der Waals surface area (Å²) >= 11 is 6.05. The molecule has 0 spiro atoms. The van der Waals surface area contributed by atoms with Crippen molar-refractivity contribution in [3.63, 3.8) is 0 Å². The molecular formula is C14H21ClF3N3. The molecule has 0 aliphatic rings. The highest BCUT2D eigenvalue weighted by Crippen LogP contribution is 2.23. The SMILES string of the molecule is CCCNc1ccc(Cl)c(CN(CC(F)(F)F)C(C)C)n1. The molecule has 7 heteroatoms. The number of nitrogens with one attached hydrogen (secondary N) is 1. The van der Waals surface area contributed by atoms with Crippen LogP contribution in [0.4, 0.5) is 19.0 Å². The summed E-state index contributed by atoms with van der Waals surface area (Å²) < 4.78 is 37.8. The summed E-state index contributed by atoms with van der Waals surface area (Å²) in [4.78, 5) is 5.61. The third kappa shape index (κ3) is 6.52. The van der Waals surface area contributed by atoms with Crippen molar-refractivity contribution in [2.45, 2.75) is 46.0 Å². The Bertz CT molecular complexity index is 450. The second-order valence-corrected chi connectivity index (χ2v) is 5.57. The van der Waals surface area contributed by atoms with Crippen molar-refractivity contribution < 1.29 is 13.2 Å². The molecule has 21 heavy (non-hydrogen) atoms. The number of aromatic nitrogens is 1. The van der Waals surface area contributed by atoms with Gasteiger partial charge in [0.1, 0.15) is 5.82 Å². The number of anilines is 1. The van der Waals surface area contributed by atoms with Gasteiger partial charge in [-0.1, -0.05) is 18.5 Å². The fraction of sp³-hybridized carbons (Fsp3) is 0.643. The van der Waals surface area contributed by atoms with Crippen LogP contribution in [0.5, 0.6) is 0 Å². The van der Waals surface area contributed by atoms with Crippen LogP contribution in [0.1, 0.15) is 32.9 Å². The number of rotatable bonds is 7.